The van der Waals surface area contributed by atoms with Crippen molar-refractivity contribution in [2.45, 2.75) is 44.8 Å². The third-order valence-electron chi connectivity index (χ3n) is 3.75. The molecule has 1 fully saturated rings. The Kier molecular flexibility index (Phi) is 4.22. The fourth-order valence-corrected chi connectivity index (χ4v) is 2.77. The van der Waals surface area contributed by atoms with E-state index in [9.17, 15) is 13.2 Å². The molecule has 0 spiro atoms. The normalized spacial score (nSPS) is 23.1. The Morgan fingerprint density at radius 1 is 1.30 bits per heavy atom. The number of alkyl halides is 3. The summed E-state index contributed by atoms with van der Waals surface area (Å²) >= 11 is 0. The molecule has 2 atom stereocenters. The van der Waals surface area contributed by atoms with Crippen LogP contribution in [0, 0.1) is 17.2 Å². The van der Waals surface area contributed by atoms with Crippen molar-refractivity contribution in [2.24, 2.45) is 5.92 Å². The second-order valence-electron chi connectivity index (χ2n) is 5.48. The Morgan fingerprint density at radius 3 is 2.65 bits per heavy atom. The van der Waals surface area contributed by atoms with Crippen molar-refractivity contribution in [2.75, 3.05) is 5.32 Å². The molecule has 2 nitrogen and oxygen atoms in total. The molecule has 0 aliphatic heterocycles. The van der Waals surface area contributed by atoms with Crippen LogP contribution in [0.5, 0.6) is 0 Å². The topological polar surface area (TPSA) is 35.8 Å². The minimum absolute atomic E-state index is 0.216. The predicted molar refractivity (Wildman–Crippen MR) is 71.2 cm³/mol. The third kappa shape index (κ3) is 3.44. The number of nitriles is 1. The highest BCUT2D eigenvalue weighted by Crippen LogP contribution is 2.34. The molecule has 2 rings (SSSR count). The fourth-order valence-electron chi connectivity index (χ4n) is 2.77. The Hall–Kier alpha value is -1.70. The molecular formula is C15H17F3N2. The van der Waals surface area contributed by atoms with Gasteiger partial charge in [-0.25, -0.2) is 0 Å². The number of hydrogen-bond acceptors (Lipinski definition) is 2. The quantitative estimate of drug-likeness (QED) is 0.862. The van der Waals surface area contributed by atoms with Crippen LogP contribution in [0.2, 0.25) is 0 Å². The van der Waals surface area contributed by atoms with Gasteiger partial charge in [-0.3, -0.25) is 0 Å². The molecular weight excluding hydrogens is 265 g/mol. The highest BCUT2D eigenvalue weighted by Gasteiger charge is 2.34. The first-order valence-electron chi connectivity index (χ1n) is 6.78. The zero-order chi connectivity index (χ0) is 14.8. The number of rotatable bonds is 2. The van der Waals surface area contributed by atoms with Crippen LogP contribution in [0.15, 0.2) is 18.2 Å². The molecule has 1 aromatic carbocycles. The smallest absolute Gasteiger partial charge is 0.382 e. The van der Waals surface area contributed by atoms with Crippen molar-refractivity contribution < 1.29 is 13.2 Å². The average molecular weight is 282 g/mol. The largest absolute Gasteiger partial charge is 0.417 e. The van der Waals surface area contributed by atoms with E-state index in [2.05, 4.69) is 12.2 Å². The van der Waals surface area contributed by atoms with Gasteiger partial charge in [0, 0.05) is 11.7 Å². The number of anilines is 1. The highest BCUT2D eigenvalue weighted by molar-refractivity contribution is 5.53. The fraction of sp³-hybridized carbons (Fsp3) is 0.533. The van der Waals surface area contributed by atoms with E-state index in [-0.39, 0.29) is 11.6 Å². The molecule has 5 heteroatoms. The first-order chi connectivity index (χ1) is 9.40. The van der Waals surface area contributed by atoms with Gasteiger partial charge in [-0.05, 0) is 37.0 Å². The van der Waals surface area contributed by atoms with E-state index < -0.39 is 11.7 Å². The number of nitrogens with one attached hydrogen (secondary N) is 1. The molecule has 1 saturated carbocycles. The third-order valence-corrected chi connectivity index (χ3v) is 3.75. The lowest BCUT2D eigenvalue weighted by Crippen LogP contribution is -2.26. The SMILES string of the molecule is CC1CCCC(Nc2ccc(C#N)c(C(F)(F)F)c2)C1. The molecule has 0 amide bonds. The van der Waals surface area contributed by atoms with Gasteiger partial charge in [0.05, 0.1) is 17.2 Å². The van der Waals surface area contributed by atoms with Gasteiger partial charge < -0.3 is 5.32 Å². The van der Waals surface area contributed by atoms with Crippen LogP contribution in [0.1, 0.15) is 43.7 Å². The van der Waals surface area contributed by atoms with E-state index in [1.807, 2.05) is 0 Å². The molecule has 20 heavy (non-hydrogen) atoms. The molecule has 0 saturated heterocycles. The predicted octanol–water partition coefficient (Wildman–Crippen LogP) is 4.57. The van der Waals surface area contributed by atoms with E-state index in [1.54, 1.807) is 12.1 Å². The Balaban J connectivity index is 2.19. The first-order valence-corrected chi connectivity index (χ1v) is 6.78. The Bertz CT molecular complexity index is 517. The molecule has 0 heterocycles. The second-order valence-corrected chi connectivity index (χ2v) is 5.48. The molecule has 1 aromatic rings. The van der Waals surface area contributed by atoms with Gasteiger partial charge in [0.15, 0.2) is 0 Å². The molecule has 0 aromatic heterocycles. The average Bonchev–Trinajstić information content (AvgIpc) is 2.37. The number of benzene rings is 1. The molecule has 1 aliphatic rings. The van der Waals surface area contributed by atoms with Crippen molar-refractivity contribution in [1.82, 2.24) is 0 Å². The van der Waals surface area contributed by atoms with Crippen LogP contribution >= 0.6 is 0 Å². The molecule has 0 bridgehead atoms. The monoisotopic (exact) mass is 282 g/mol. The summed E-state index contributed by atoms with van der Waals surface area (Å²) < 4.78 is 38.6. The number of halogens is 3. The van der Waals surface area contributed by atoms with E-state index >= 15 is 0 Å². The molecule has 108 valence electrons. The summed E-state index contributed by atoms with van der Waals surface area (Å²) in [5, 5.41) is 11.9. The van der Waals surface area contributed by atoms with Gasteiger partial charge in [-0.2, -0.15) is 18.4 Å². The summed E-state index contributed by atoms with van der Waals surface area (Å²) in [4.78, 5) is 0. The standard InChI is InChI=1S/C15H17F3N2/c1-10-3-2-4-12(7-10)20-13-6-5-11(9-19)14(8-13)15(16,17)18/h5-6,8,10,12,20H,2-4,7H2,1H3. The van der Waals surface area contributed by atoms with Crippen molar-refractivity contribution in [3.63, 3.8) is 0 Å². The highest BCUT2D eigenvalue weighted by atomic mass is 19.4. The van der Waals surface area contributed by atoms with Crippen LogP contribution in [-0.2, 0) is 6.18 Å². The van der Waals surface area contributed by atoms with Crippen molar-refractivity contribution in [3.8, 4) is 6.07 Å². The summed E-state index contributed by atoms with van der Waals surface area (Å²) in [7, 11) is 0. The minimum atomic E-state index is -4.50. The van der Waals surface area contributed by atoms with Gasteiger partial charge in [-0.1, -0.05) is 19.8 Å². The van der Waals surface area contributed by atoms with Crippen molar-refractivity contribution in [3.05, 3.63) is 29.3 Å². The van der Waals surface area contributed by atoms with E-state index in [0.29, 0.717) is 11.6 Å². The maximum absolute atomic E-state index is 12.9. The van der Waals surface area contributed by atoms with Crippen LogP contribution in [0.25, 0.3) is 0 Å². The summed E-state index contributed by atoms with van der Waals surface area (Å²) in [5.41, 5.74) is -0.760. The van der Waals surface area contributed by atoms with Crippen molar-refractivity contribution >= 4 is 5.69 Å². The van der Waals surface area contributed by atoms with Gasteiger partial charge in [0.2, 0.25) is 0 Å². The van der Waals surface area contributed by atoms with Gasteiger partial charge in [0.1, 0.15) is 0 Å². The summed E-state index contributed by atoms with van der Waals surface area (Å²) in [6.07, 6.45) is -0.268. The summed E-state index contributed by atoms with van der Waals surface area (Å²) in [6, 6.07) is 5.63. The Labute approximate surface area is 116 Å². The number of hydrogen-bond donors (Lipinski definition) is 1. The van der Waals surface area contributed by atoms with Crippen LogP contribution < -0.4 is 5.32 Å². The molecule has 2 unspecified atom stereocenters. The lowest BCUT2D eigenvalue weighted by Gasteiger charge is -2.28. The lowest BCUT2D eigenvalue weighted by atomic mass is 9.87. The number of nitrogens with zero attached hydrogens (tertiary/aromatic N) is 1. The summed E-state index contributed by atoms with van der Waals surface area (Å²) in [6.45, 7) is 2.16. The van der Waals surface area contributed by atoms with E-state index in [4.69, 9.17) is 5.26 Å². The van der Waals surface area contributed by atoms with E-state index in [0.717, 1.165) is 25.3 Å². The first kappa shape index (κ1) is 14.7. The maximum Gasteiger partial charge on any atom is 0.417 e. The zero-order valence-electron chi connectivity index (χ0n) is 11.3. The second kappa shape index (κ2) is 5.74. The van der Waals surface area contributed by atoms with Gasteiger partial charge in [-0.15, -0.1) is 0 Å². The molecule has 0 radical (unpaired) electrons. The maximum atomic E-state index is 12.9. The van der Waals surface area contributed by atoms with Crippen LogP contribution in [-0.4, -0.2) is 6.04 Å². The van der Waals surface area contributed by atoms with Gasteiger partial charge in [0.25, 0.3) is 0 Å². The van der Waals surface area contributed by atoms with E-state index in [1.165, 1.54) is 12.5 Å². The van der Waals surface area contributed by atoms with Crippen LogP contribution in [0.4, 0.5) is 18.9 Å². The van der Waals surface area contributed by atoms with Gasteiger partial charge >= 0.3 is 6.18 Å². The minimum Gasteiger partial charge on any atom is -0.382 e. The zero-order valence-corrected chi connectivity index (χ0v) is 11.3. The van der Waals surface area contributed by atoms with Crippen molar-refractivity contribution in [1.29, 1.82) is 5.26 Å². The van der Waals surface area contributed by atoms with Crippen LogP contribution in [0.3, 0.4) is 0 Å². The molecule has 1 N–H and O–H groups in total. The Morgan fingerprint density at radius 2 is 2.05 bits per heavy atom. The molecule has 1 aliphatic carbocycles. The summed E-state index contributed by atoms with van der Waals surface area (Å²) in [5.74, 6) is 0.599. The lowest BCUT2D eigenvalue weighted by molar-refractivity contribution is -0.137.